The number of carbonyl (C=O) groups is 1. The molecule has 26 heavy (non-hydrogen) atoms. The molecule has 0 saturated heterocycles. The van der Waals surface area contributed by atoms with Crippen molar-refractivity contribution in [2.24, 2.45) is 0 Å². The number of hydrogen-bond donors (Lipinski definition) is 1. The molecule has 6 nitrogen and oxygen atoms in total. The van der Waals surface area contributed by atoms with Gasteiger partial charge in [0.05, 0.1) is 0 Å². The summed E-state index contributed by atoms with van der Waals surface area (Å²) in [5.41, 5.74) is 0. The standard InChI is InChI=1S/C18H36O5S.Al.H2O.3H/c1-2-3-4-5-6-7-8-9-10-11-12-13-14-15-16-17-18(19)23-24(20,21)22;;;;;/h2-17H2,1H3,(H,20,21,22);;1H2;;;. The molecule has 0 spiro atoms. The van der Waals surface area contributed by atoms with Crippen LogP contribution >= 0.6 is 0 Å². The Morgan fingerprint density at radius 3 is 1.35 bits per heavy atom. The van der Waals surface area contributed by atoms with Gasteiger partial charge in [0.25, 0.3) is 0 Å². The average Bonchev–Trinajstić information content (AvgIpc) is 2.49. The number of unbranched alkanes of at least 4 members (excludes halogenated alkanes) is 14. The zero-order valence-electron chi connectivity index (χ0n) is 15.8. The molecule has 0 rings (SSSR count). The van der Waals surface area contributed by atoms with Crippen LogP contribution in [-0.4, -0.2) is 41.8 Å². The maximum absolute atomic E-state index is 11.0. The first-order valence-electron chi connectivity index (χ1n) is 9.65. The van der Waals surface area contributed by atoms with Crippen LogP contribution in [0.5, 0.6) is 0 Å². The molecule has 0 aliphatic carbocycles. The first-order chi connectivity index (χ1) is 11.5. The lowest BCUT2D eigenvalue weighted by atomic mass is 10.0. The molecule has 0 aromatic heterocycles. The Labute approximate surface area is 170 Å². The van der Waals surface area contributed by atoms with Crippen molar-refractivity contribution >= 4 is 33.7 Å². The van der Waals surface area contributed by atoms with Gasteiger partial charge in [-0.15, -0.1) is 0 Å². The van der Waals surface area contributed by atoms with E-state index in [9.17, 15) is 13.2 Å². The highest BCUT2D eigenvalue weighted by Gasteiger charge is 2.12. The molecule has 0 radical (unpaired) electrons. The molecule has 0 aromatic rings. The summed E-state index contributed by atoms with van der Waals surface area (Å²) in [5.74, 6) is -0.882. The van der Waals surface area contributed by atoms with Gasteiger partial charge in [-0.05, 0) is 6.42 Å². The maximum atomic E-state index is 11.0. The molecule has 0 fully saturated rings. The molecule has 0 amide bonds. The van der Waals surface area contributed by atoms with Crippen molar-refractivity contribution in [3.8, 4) is 0 Å². The van der Waals surface area contributed by atoms with Gasteiger partial charge in [-0.1, -0.05) is 96.8 Å². The fraction of sp³-hybridized carbons (Fsp3) is 0.944. The lowest BCUT2D eigenvalue weighted by molar-refractivity contribution is -0.134. The van der Waals surface area contributed by atoms with Crippen LogP contribution < -0.4 is 0 Å². The minimum absolute atomic E-state index is 0. The molecule has 0 saturated carbocycles. The van der Waals surface area contributed by atoms with E-state index in [2.05, 4.69) is 11.1 Å². The quantitative estimate of drug-likeness (QED) is 0.223. The van der Waals surface area contributed by atoms with Crippen molar-refractivity contribution in [3.63, 3.8) is 0 Å². The van der Waals surface area contributed by atoms with E-state index >= 15 is 0 Å². The zero-order valence-corrected chi connectivity index (χ0v) is 16.6. The second kappa shape index (κ2) is 21.2. The monoisotopic (exact) mass is 412 g/mol. The average molecular weight is 413 g/mol. The van der Waals surface area contributed by atoms with Gasteiger partial charge in [-0.25, -0.2) is 0 Å². The van der Waals surface area contributed by atoms with Crippen LogP contribution in [0.3, 0.4) is 0 Å². The Balaban J connectivity index is -0.00000264. The van der Waals surface area contributed by atoms with Gasteiger partial charge >= 0.3 is 16.4 Å². The van der Waals surface area contributed by atoms with E-state index in [1.165, 1.54) is 70.6 Å². The predicted molar refractivity (Wildman–Crippen MR) is 111 cm³/mol. The summed E-state index contributed by atoms with van der Waals surface area (Å²) in [6.07, 6.45) is 18.5. The highest BCUT2D eigenvalue weighted by atomic mass is 32.3. The molecular weight excluding hydrogens is 371 g/mol. The number of carbonyl (C=O) groups excluding carboxylic acids is 1. The number of rotatable bonds is 17. The summed E-state index contributed by atoms with van der Waals surface area (Å²) in [6.45, 7) is 2.25. The Hall–Kier alpha value is -0.128. The highest BCUT2D eigenvalue weighted by Crippen LogP contribution is 2.13. The summed E-state index contributed by atoms with van der Waals surface area (Å²) in [5, 5.41) is 0. The van der Waals surface area contributed by atoms with Crippen molar-refractivity contribution in [1.29, 1.82) is 0 Å². The van der Waals surface area contributed by atoms with E-state index in [1.807, 2.05) is 0 Å². The first-order valence-corrected chi connectivity index (χ1v) is 11.0. The van der Waals surface area contributed by atoms with Gasteiger partial charge in [0.15, 0.2) is 17.4 Å². The Kier molecular flexibility index (Phi) is 24.9. The van der Waals surface area contributed by atoms with E-state index < -0.39 is 16.4 Å². The Morgan fingerprint density at radius 2 is 1.04 bits per heavy atom. The SMILES string of the molecule is CCCCCCCCCCCCCCCCCC(=O)OS(=O)(=O)O.O.[AlH3]. The molecular formula is C18H41AlO6S. The van der Waals surface area contributed by atoms with Crippen LogP contribution in [0.15, 0.2) is 0 Å². The van der Waals surface area contributed by atoms with E-state index in [4.69, 9.17) is 4.55 Å². The van der Waals surface area contributed by atoms with Crippen molar-refractivity contribution in [2.75, 3.05) is 0 Å². The van der Waals surface area contributed by atoms with Gasteiger partial charge < -0.3 is 9.66 Å². The molecule has 0 unspecified atom stereocenters. The third-order valence-electron chi connectivity index (χ3n) is 4.18. The molecule has 0 bridgehead atoms. The van der Waals surface area contributed by atoms with Crippen LogP contribution in [0, 0.1) is 0 Å². The Morgan fingerprint density at radius 1 is 0.731 bits per heavy atom. The van der Waals surface area contributed by atoms with E-state index in [0.29, 0.717) is 6.42 Å². The minimum Gasteiger partial charge on any atom is -0.412 e. The summed E-state index contributed by atoms with van der Waals surface area (Å²) >= 11 is 0. The molecule has 0 aromatic carbocycles. The topological polar surface area (TPSA) is 112 Å². The molecule has 0 aliphatic rings. The molecule has 0 aliphatic heterocycles. The van der Waals surface area contributed by atoms with Gasteiger partial charge in [-0.3, -0.25) is 9.35 Å². The van der Waals surface area contributed by atoms with Gasteiger partial charge in [0, 0.05) is 6.42 Å². The third kappa shape index (κ3) is 26.1. The van der Waals surface area contributed by atoms with Crippen LogP contribution in [-0.2, 0) is 19.4 Å². The minimum atomic E-state index is -4.64. The second-order valence-corrected chi connectivity index (χ2v) is 7.60. The molecule has 158 valence electrons. The van der Waals surface area contributed by atoms with Crippen LogP contribution in [0.2, 0.25) is 0 Å². The van der Waals surface area contributed by atoms with E-state index in [-0.39, 0.29) is 29.3 Å². The van der Waals surface area contributed by atoms with Gasteiger partial charge in [0.1, 0.15) is 0 Å². The Bertz CT molecular complexity index is 400. The fourth-order valence-electron chi connectivity index (χ4n) is 2.80. The molecule has 8 heteroatoms. The second-order valence-electron chi connectivity index (χ2n) is 6.58. The maximum Gasteiger partial charge on any atom is 0.448 e. The number of hydrogen-bond acceptors (Lipinski definition) is 4. The summed E-state index contributed by atoms with van der Waals surface area (Å²) in [6, 6.07) is 0. The van der Waals surface area contributed by atoms with Crippen LogP contribution in [0.1, 0.15) is 110 Å². The summed E-state index contributed by atoms with van der Waals surface area (Å²) in [4.78, 5) is 11.0. The van der Waals surface area contributed by atoms with Crippen molar-refractivity contribution in [3.05, 3.63) is 0 Å². The molecule has 0 heterocycles. The largest absolute Gasteiger partial charge is 0.448 e. The third-order valence-corrected chi connectivity index (χ3v) is 4.58. The smallest absolute Gasteiger partial charge is 0.412 e. The normalized spacial score (nSPS) is 10.7. The summed E-state index contributed by atoms with van der Waals surface area (Å²) in [7, 11) is -4.64. The van der Waals surface area contributed by atoms with E-state index in [0.717, 1.165) is 19.3 Å². The van der Waals surface area contributed by atoms with Crippen molar-refractivity contribution < 1.29 is 27.4 Å². The van der Waals surface area contributed by atoms with Crippen molar-refractivity contribution in [1.82, 2.24) is 0 Å². The van der Waals surface area contributed by atoms with Gasteiger partial charge in [0.2, 0.25) is 0 Å². The molecule has 3 N–H and O–H groups in total. The lowest BCUT2D eigenvalue weighted by Crippen LogP contribution is -2.11. The van der Waals surface area contributed by atoms with Crippen LogP contribution in [0.25, 0.3) is 0 Å². The van der Waals surface area contributed by atoms with E-state index in [1.54, 1.807) is 0 Å². The summed E-state index contributed by atoms with van der Waals surface area (Å²) < 4.78 is 32.8. The van der Waals surface area contributed by atoms with Crippen LogP contribution in [0.4, 0.5) is 0 Å². The zero-order chi connectivity index (χ0) is 18.1. The predicted octanol–water partition coefficient (Wildman–Crippen LogP) is 3.59. The first kappa shape index (κ1) is 30.6. The van der Waals surface area contributed by atoms with Gasteiger partial charge in [-0.2, -0.15) is 8.42 Å². The fourth-order valence-corrected chi connectivity index (χ4v) is 3.12. The van der Waals surface area contributed by atoms with Crippen molar-refractivity contribution in [2.45, 2.75) is 110 Å². The highest BCUT2D eigenvalue weighted by molar-refractivity contribution is 7.81. The molecule has 0 atom stereocenters. The lowest BCUT2D eigenvalue weighted by Gasteiger charge is -2.03.